The van der Waals surface area contributed by atoms with Crippen LogP contribution in [0.5, 0.6) is 0 Å². The first-order valence-corrected chi connectivity index (χ1v) is 8.44. The van der Waals surface area contributed by atoms with E-state index in [0.717, 1.165) is 12.1 Å². The number of hydrogen-bond acceptors (Lipinski definition) is 3. The zero-order valence-corrected chi connectivity index (χ0v) is 15.6. The molecule has 148 valence electrons. The Kier molecular flexibility index (Phi) is 6.28. The van der Waals surface area contributed by atoms with Crippen molar-refractivity contribution < 1.29 is 27.5 Å². The van der Waals surface area contributed by atoms with Gasteiger partial charge >= 0.3 is 12.1 Å². The molecule has 1 N–H and O–H groups in total. The molecule has 2 aromatic carbocycles. The third-order valence-electron chi connectivity index (χ3n) is 3.46. The van der Waals surface area contributed by atoms with Crippen LogP contribution in [0.15, 0.2) is 54.6 Å². The van der Waals surface area contributed by atoms with Crippen LogP contribution in [0.4, 0.5) is 18.9 Å². The number of amides is 1. The molecule has 0 aliphatic carbocycles. The number of esters is 1. The molecule has 7 heteroatoms. The maximum Gasteiger partial charge on any atom is 0.416 e. The topological polar surface area (TPSA) is 55.4 Å². The highest BCUT2D eigenvalue weighted by Crippen LogP contribution is 2.30. The van der Waals surface area contributed by atoms with Crippen molar-refractivity contribution in [1.82, 2.24) is 0 Å². The SMILES string of the molecule is CC(C)(C)OC(=O)C=Cc1ccccc1C(=O)Nc1cccc(C(F)(F)F)c1. The molecule has 0 heterocycles. The van der Waals surface area contributed by atoms with E-state index in [2.05, 4.69) is 5.32 Å². The molecule has 0 unspecified atom stereocenters. The molecular formula is C21H20F3NO3. The molecule has 0 aliphatic heterocycles. The number of rotatable bonds is 4. The molecule has 0 saturated heterocycles. The molecule has 0 atom stereocenters. The van der Waals surface area contributed by atoms with Crippen molar-refractivity contribution >= 4 is 23.6 Å². The number of hydrogen-bond donors (Lipinski definition) is 1. The lowest BCUT2D eigenvalue weighted by Crippen LogP contribution is -2.22. The third kappa shape index (κ3) is 6.26. The Bertz CT molecular complexity index is 896. The molecule has 2 aromatic rings. The quantitative estimate of drug-likeness (QED) is 0.567. The lowest BCUT2D eigenvalue weighted by Gasteiger charge is -2.18. The fraction of sp³-hybridized carbons (Fsp3) is 0.238. The molecule has 0 aliphatic rings. The maximum absolute atomic E-state index is 12.8. The minimum Gasteiger partial charge on any atom is -0.457 e. The fourth-order valence-corrected chi connectivity index (χ4v) is 2.31. The van der Waals surface area contributed by atoms with Crippen LogP contribution in [0.1, 0.15) is 42.3 Å². The molecule has 28 heavy (non-hydrogen) atoms. The van der Waals surface area contributed by atoms with Gasteiger partial charge in [0, 0.05) is 17.3 Å². The maximum atomic E-state index is 12.8. The van der Waals surface area contributed by atoms with Gasteiger partial charge < -0.3 is 10.1 Å². The lowest BCUT2D eigenvalue weighted by atomic mass is 10.1. The monoisotopic (exact) mass is 391 g/mol. The summed E-state index contributed by atoms with van der Waals surface area (Å²) in [5, 5.41) is 2.45. The van der Waals surface area contributed by atoms with Crippen LogP contribution in [0.3, 0.4) is 0 Å². The Morgan fingerprint density at radius 2 is 1.68 bits per heavy atom. The highest BCUT2D eigenvalue weighted by Gasteiger charge is 2.30. The summed E-state index contributed by atoms with van der Waals surface area (Å²) in [6.45, 7) is 5.19. The van der Waals surface area contributed by atoms with Gasteiger partial charge in [-0.15, -0.1) is 0 Å². The number of anilines is 1. The van der Waals surface area contributed by atoms with Crippen molar-refractivity contribution in [3.05, 3.63) is 71.3 Å². The fourth-order valence-electron chi connectivity index (χ4n) is 2.31. The average Bonchev–Trinajstić information content (AvgIpc) is 2.58. The van der Waals surface area contributed by atoms with Gasteiger partial charge in [0.2, 0.25) is 0 Å². The molecule has 0 saturated carbocycles. The number of nitrogens with one attached hydrogen (secondary N) is 1. The smallest absolute Gasteiger partial charge is 0.416 e. The number of carbonyl (C=O) groups excluding carboxylic acids is 2. The molecule has 4 nitrogen and oxygen atoms in total. The van der Waals surface area contributed by atoms with Gasteiger partial charge in [0.25, 0.3) is 5.91 Å². The minimum atomic E-state index is -4.51. The first-order chi connectivity index (χ1) is 13.0. The van der Waals surface area contributed by atoms with Gasteiger partial charge in [-0.1, -0.05) is 24.3 Å². The van der Waals surface area contributed by atoms with Crippen molar-refractivity contribution in [2.45, 2.75) is 32.5 Å². The van der Waals surface area contributed by atoms with Crippen molar-refractivity contribution in [2.75, 3.05) is 5.32 Å². The van der Waals surface area contributed by atoms with Crippen LogP contribution in [0.2, 0.25) is 0 Å². The van der Waals surface area contributed by atoms with E-state index < -0.39 is 29.2 Å². The van der Waals surface area contributed by atoms with E-state index in [-0.39, 0.29) is 11.3 Å². The first kappa shape index (κ1) is 21.2. The summed E-state index contributed by atoms with van der Waals surface area (Å²) in [5.41, 5.74) is -0.853. The number of ether oxygens (including phenoxy) is 1. The lowest BCUT2D eigenvalue weighted by molar-refractivity contribution is -0.148. The predicted octanol–water partition coefficient (Wildman–Crippen LogP) is 5.31. The summed E-state index contributed by atoms with van der Waals surface area (Å²) >= 11 is 0. The van der Waals surface area contributed by atoms with Gasteiger partial charge in [-0.3, -0.25) is 4.79 Å². The highest BCUT2D eigenvalue weighted by molar-refractivity contribution is 6.07. The Balaban J connectivity index is 2.20. The number of halogens is 3. The Morgan fingerprint density at radius 1 is 1.00 bits per heavy atom. The van der Waals surface area contributed by atoms with Gasteiger partial charge in [0.05, 0.1) is 5.56 Å². The molecule has 0 spiro atoms. The number of carbonyl (C=O) groups is 2. The second kappa shape index (κ2) is 8.29. The molecule has 0 aromatic heterocycles. The molecule has 0 radical (unpaired) electrons. The molecule has 0 fully saturated rings. The largest absolute Gasteiger partial charge is 0.457 e. The van der Waals surface area contributed by atoms with E-state index in [0.29, 0.717) is 5.56 Å². The molecule has 2 rings (SSSR count). The minimum absolute atomic E-state index is 0.0192. The summed E-state index contributed by atoms with van der Waals surface area (Å²) < 4.78 is 43.6. The van der Waals surface area contributed by atoms with E-state index >= 15 is 0 Å². The van der Waals surface area contributed by atoms with Crippen molar-refractivity contribution in [1.29, 1.82) is 0 Å². The van der Waals surface area contributed by atoms with Crippen LogP contribution < -0.4 is 5.32 Å². The van der Waals surface area contributed by atoms with E-state index in [1.54, 1.807) is 39.0 Å². The van der Waals surface area contributed by atoms with Crippen molar-refractivity contribution in [2.24, 2.45) is 0 Å². The second-order valence-electron chi connectivity index (χ2n) is 6.99. The summed E-state index contributed by atoms with van der Waals surface area (Å²) in [4.78, 5) is 24.3. The van der Waals surface area contributed by atoms with Crippen LogP contribution in [-0.2, 0) is 15.7 Å². The van der Waals surface area contributed by atoms with Crippen LogP contribution in [-0.4, -0.2) is 17.5 Å². The third-order valence-corrected chi connectivity index (χ3v) is 3.46. The zero-order valence-electron chi connectivity index (χ0n) is 15.6. The van der Waals surface area contributed by atoms with E-state index in [9.17, 15) is 22.8 Å². The molecule has 1 amide bonds. The first-order valence-electron chi connectivity index (χ1n) is 8.44. The number of alkyl halides is 3. The predicted molar refractivity (Wildman–Crippen MR) is 101 cm³/mol. The summed E-state index contributed by atoms with van der Waals surface area (Å²) in [7, 11) is 0. The standard InChI is InChI=1S/C21H20F3NO3/c1-20(2,3)28-18(26)12-11-14-7-4-5-10-17(14)19(27)25-16-9-6-8-15(13-16)21(22,23)24/h4-13H,1-3H3,(H,25,27). The molecule has 0 bridgehead atoms. The van der Waals surface area contributed by atoms with Gasteiger partial charge in [0.1, 0.15) is 5.60 Å². The van der Waals surface area contributed by atoms with Gasteiger partial charge in [-0.2, -0.15) is 13.2 Å². The van der Waals surface area contributed by atoms with Gasteiger partial charge in [0.15, 0.2) is 0 Å². The average molecular weight is 391 g/mol. The van der Waals surface area contributed by atoms with Crippen LogP contribution in [0, 0.1) is 0 Å². The van der Waals surface area contributed by atoms with E-state index in [1.807, 2.05) is 0 Å². The summed E-state index contributed by atoms with van der Waals surface area (Å²) in [5.74, 6) is -1.16. The Hall–Kier alpha value is -3.09. The Morgan fingerprint density at radius 3 is 2.32 bits per heavy atom. The van der Waals surface area contributed by atoms with Crippen LogP contribution in [0.25, 0.3) is 6.08 Å². The van der Waals surface area contributed by atoms with E-state index in [4.69, 9.17) is 4.74 Å². The van der Waals surface area contributed by atoms with Crippen molar-refractivity contribution in [3.63, 3.8) is 0 Å². The highest BCUT2D eigenvalue weighted by atomic mass is 19.4. The van der Waals surface area contributed by atoms with Gasteiger partial charge in [-0.25, -0.2) is 4.79 Å². The summed E-state index contributed by atoms with van der Waals surface area (Å²) in [6, 6.07) is 10.8. The number of benzene rings is 2. The van der Waals surface area contributed by atoms with E-state index in [1.165, 1.54) is 30.4 Å². The normalized spacial score (nSPS) is 12.1. The van der Waals surface area contributed by atoms with Crippen LogP contribution >= 0.6 is 0 Å². The Labute approximate surface area is 161 Å². The van der Waals surface area contributed by atoms with Crippen molar-refractivity contribution in [3.8, 4) is 0 Å². The molecular weight excluding hydrogens is 371 g/mol. The second-order valence-corrected chi connectivity index (χ2v) is 6.99. The summed E-state index contributed by atoms with van der Waals surface area (Å²) in [6.07, 6.45) is -1.88. The van der Waals surface area contributed by atoms with Gasteiger partial charge in [-0.05, 0) is 56.7 Å². The zero-order chi connectivity index (χ0) is 20.9.